The lowest BCUT2D eigenvalue weighted by molar-refractivity contribution is 0.303. The molecular weight excluding hydrogens is 447 g/mol. The third-order valence-electron chi connectivity index (χ3n) is 3.77. The SMILES string of the molecule is Clc1cc(Cl)cc(NCc2cc(Cl)ccc2OCc2ccc(Cl)cc2Cl)c1. The number of nitrogens with one attached hydrogen (secondary N) is 1. The number of hydrogen-bond donors (Lipinski definition) is 1. The fourth-order valence-corrected chi connectivity index (χ4v) is 3.66. The molecule has 0 aliphatic rings. The van der Waals surface area contributed by atoms with Gasteiger partial charge in [-0.25, -0.2) is 0 Å². The zero-order valence-electron chi connectivity index (χ0n) is 13.9. The molecule has 2 nitrogen and oxygen atoms in total. The predicted molar refractivity (Wildman–Crippen MR) is 116 cm³/mol. The number of halogens is 5. The van der Waals surface area contributed by atoms with Crippen LogP contribution < -0.4 is 10.1 Å². The molecular formula is C20H14Cl5NO. The average Bonchev–Trinajstić information content (AvgIpc) is 2.59. The van der Waals surface area contributed by atoms with Crippen LogP contribution in [0.4, 0.5) is 5.69 Å². The Kier molecular flexibility index (Phi) is 7.02. The molecule has 140 valence electrons. The van der Waals surface area contributed by atoms with E-state index in [4.69, 9.17) is 62.7 Å². The van der Waals surface area contributed by atoms with Gasteiger partial charge >= 0.3 is 0 Å². The molecule has 3 rings (SSSR count). The summed E-state index contributed by atoms with van der Waals surface area (Å²) in [7, 11) is 0. The van der Waals surface area contributed by atoms with E-state index in [2.05, 4.69) is 5.32 Å². The maximum atomic E-state index is 6.21. The Morgan fingerprint density at radius 3 is 2.04 bits per heavy atom. The van der Waals surface area contributed by atoms with Gasteiger partial charge in [-0.2, -0.15) is 0 Å². The van der Waals surface area contributed by atoms with Gasteiger partial charge in [0.05, 0.1) is 0 Å². The second-order valence-corrected chi connectivity index (χ2v) is 7.94. The van der Waals surface area contributed by atoms with Crippen molar-refractivity contribution in [3.63, 3.8) is 0 Å². The van der Waals surface area contributed by atoms with E-state index in [1.165, 1.54) is 0 Å². The van der Waals surface area contributed by atoms with E-state index in [9.17, 15) is 0 Å². The summed E-state index contributed by atoms with van der Waals surface area (Å²) in [5.41, 5.74) is 2.54. The molecule has 1 N–H and O–H groups in total. The van der Waals surface area contributed by atoms with Crippen molar-refractivity contribution in [3.05, 3.63) is 90.8 Å². The zero-order chi connectivity index (χ0) is 19.4. The highest BCUT2D eigenvalue weighted by molar-refractivity contribution is 6.35. The molecule has 0 saturated heterocycles. The third-order valence-corrected chi connectivity index (χ3v) is 5.02. The van der Waals surface area contributed by atoms with Gasteiger partial charge in [0.25, 0.3) is 0 Å². The fraction of sp³-hybridized carbons (Fsp3) is 0.100. The second kappa shape index (κ2) is 9.27. The third kappa shape index (κ3) is 5.84. The van der Waals surface area contributed by atoms with Gasteiger partial charge in [-0.15, -0.1) is 0 Å². The monoisotopic (exact) mass is 459 g/mol. The maximum absolute atomic E-state index is 6.21. The van der Waals surface area contributed by atoms with Crippen LogP contribution in [0.3, 0.4) is 0 Å². The van der Waals surface area contributed by atoms with Crippen LogP contribution in [0.1, 0.15) is 11.1 Å². The molecule has 0 unspecified atom stereocenters. The molecule has 0 amide bonds. The van der Waals surface area contributed by atoms with E-state index in [-0.39, 0.29) is 0 Å². The van der Waals surface area contributed by atoms with Crippen molar-refractivity contribution in [2.45, 2.75) is 13.2 Å². The fourth-order valence-electron chi connectivity index (χ4n) is 2.47. The first kappa shape index (κ1) is 20.4. The molecule has 0 aromatic heterocycles. The Bertz CT molecular complexity index is 941. The first-order valence-electron chi connectivity index (χ1n) is 7.96. The number of anilines is 1. The van der Waals surface area contributed by atoms with Crippen molar-refractivity contribution in [1.29, 1.82) is 0 Å². The highest BCUT2D eigenvalue weighted by Crippen LogP contribution is 2.28. The lowest BCUT2D eigenvalue weighted by Crippen LogP contribution is -2.04. The van der Waals surface area contributed by atoms with Gasteiger partial charge in [0, 0.05) is 48.5 Å². The molecule has 7 heteroatoms. The Balaban J connectivity index is 1.74. The molecule has 0 atom stereocenters. The van der Waals surface area contributed by atoms with Crippen LogP contribution in [0.5, 0.6) is 5.75 Å². The van der Waals surface area contributed by atoms with E-state index < -0.39 is 0 Å². The van der Waals surface area contributed by atoms with Crippen molar-refractivity contribution >= 4 is 63.7 Å². The average molecular weight is 462 g/mol. The Labute approximate surface area is 182 Å². The van der Waals surface area contributed by atoms with Crippen LogP contribution >= 0.6 is 58.0 Å². The van der Waals surface area contributed by atoms with Gasteiger partial charge in [-0.3, -0.25) is 0 Å². The zero-order valence-corrected chi connectivity index (χ0v) is 17.7. The van der Waals surface area contributed by atoms with Crippen molar-refractivity contribution in [2.75, 3.05) is 5.32 Å². The Morgan fingerprint density at radius 2 is 1.33 bits per heavy atom. The summed E-state index contributed by atoms with van der Waals surface area (Å²) in [5, 5.41) is 6.16. The highest BCUT2D eigenvalue weighted by Gasteiger charge is 2.08. The molecule has 0 aliphatic heterocycles. The van der Waals surface area contributed by atoms with Crippen LogP contribution in [0.15, 0.2) is 54.6 Å². The summed E-state index contributed by atoms with van der Waals surface area (Å²) >= 11 is 30.4. The van der Waals surface area contributed by atoms with E-state index >= 15 is 0 Å². The first-order valence-corrected chi connectivity index (χ1v) is 9.85. The van der Waals surface area contributed by atoms with Gasteiger partial charge in [0.15, 0.2) is 0 Å². The smallest absolute Gasteiger partial charge is 0.124 e. The first-order chi connectivity index (χ1) is 12.9. The normalized spacial score (nSPS) is 10.7. The second-order valence-electron chi connectivity index (χ2n) is 5.79. The summed E-state index contributed by atoms with van der Waals surface area (Å²) < 4.78 is 5.96. The van der Waals surface area contributed by atoms with Crippen LogP contribution in [-0.4, -0.2) is 0 Å². The van der Waals surface area contributed by atoms with E-state index in [1.54, 1.807) is 36.4 Å². The van der Waals surface area contributed by atoms with Gasteiger partial charge in [-0.1, -0.05) is 64.1 Å². The largest absolute Gasteiger partial charge is 0.488 e. The van der Waals surface area contributed by atoms with Crippen molar-refractivity contribution in [3.8, 4) is 5.75 Å². The topological polar surface area (TPSA) is 21.3 Å². The minimum Gasteiger partial charge on any atom is -0.488 e. The number of benzene rings is 3. The quantitative estimate of drug-likeness (QED) is 0.400. The van der Waals surface area contributed by atoms with Crippen LogP contribution in [0.25, 0.3) is 0 Å². The van der Waals surface area contributed by atoms with Gasteiger partial charge < -0.3 is 10.1 Å². The van der Waals surface area contributed by atoms with Gasteiger partial charge in [0.1, 0.15) is 12.4 Å². The summed E-state index contributed by atoms with van der Waals surface area (Å²) in [6.07, 6.45) is 0. The summed E-state index contributed by atoms with van der Waals surface area (Å²) in [6.45, 7) is 0.800. The van der Waals surface area contributed by atoms with Crippen molar-refractivity contribution < 1.29 is 4.74 Å². The Hall–Kier alpha value is -1.29. The van der Waals surface area contributed by atoms with Gasteiger partial charge in [0.2, 0.25) is 0 Å². The number of ether oxygens (including phenoxy) is 1. The highest BCUT2D eigenvalue weighted by atomic mass is 35.5. The molecule has 27 heavy (non-hydrogen) atoms. The molecule has 0 saturated carbocycles. The molecule has 3 aromatic carbocycles. The Morgan fingerprint density at radius 1 is 0.667 bits per heavy atom. The summed E-state index contributed by atoms with van der Waals surface area (Å²) in [6, 6.07) is 16.0. The van der Waals surface area contributed by atoms with Crippen LogP contribution in [0, 0.1) is 0 Å². The van der Waals surface area contributed by atoms with E-state index in [1.807, 2.05) is 18.2 Å². The molecule has 0 radical (unpaired) electrons. The summed E-state index contributed by atoms with van der Waals surface area (Å²) in [5.74, 6) is 0.700. The van der Waals surface area contributed by atoms with Crippen LogP contribution in [-0.2, 0) is 13.2 Å². The minimum absolute atomic E-state index is 0.313. The van der Waals surface area contributed by atoms with Crippen molar-refractivity contribution in [1.82, 2.24) is 0 Å². The molecule has 0 spiro atoms. The predicted octanol–water partition coefficient (Wildman–Crippen LogP) is 8.14. The number of rotatable bonds is 6. The maximum Gasteiger partial charge on any atom is 0.124 e. The van der Waals surface area contributed by atoms with E-state index in [0.29, 0.717) is 44.0 Å². The van der Waals surface area contributed by atoms with Crippen molar-refractivity contribution in [2.24, 2.45) is 0 Å². The molecule has 0 fully saturated rings. The standard InChI is InChI=1S/C20H14Cl5NO/c21-14-3-4-20(27-11-12-1-2-15(22)9-19(12)25)13(5-14)10-26-18-7-16(23)6-17(24)8-18/h1-9,26H,10-11H2. The minimum atomic E-state index is 0.313. The molecule has 0 bridgehead atoms. The lowest BCUT2D eigenvalue weighted by Gasteiger charge is -2.14. The molecule has 0 aliphatic carbocycles. The lowest BCUT2D eigenvalue weighted by atomic mass is 10.2. The number of hydrogen-bond acceptors (Lipinski definition) is 2. The van der Waals surface area contributed by atoms with Crippen LogP contribution in [0.2, 0.25) is 25.1 Å². The van der Waals surface area contributed by atoms with Gasteiger partial charge in [-0.05, 0) is 48.5 Å². The summed E-state index contributed by atoms with van der Waals surface area (Å²) in [4.78, 5) is 0. The van der Waals surface area contributed by atoms with E-state index in [0.717, 1.165) is 16.8 Å². The molecule has 3 aromatic rings. The molecule has 0 heterocycles.